The van der Waals surface area contributed by atoms with E-state index in [0.29, 0.717) is 13.0 Å². The third kappa shape index (κ3) is 2.50. The lowest BCUT2D eigenvalue weighted by molar-refractivity contribution is -0.679. The summed E-state index contributed by atoms with van der Waals surface area (Å²) in [5, 5.41) is 0. The zero-order valence-corrected chi connectivity index (χ0v) is 10.7. The van der Waals surface area contributed by atoms with Crippen LogP contribution in [0.1, 0.15) is 18.2 Å². The van der Waals surface area contributed by atoms with E-state index in [-0.39, 0.29) is 12.5 Å². The van der Waals surface area contributed by atoms with Crippen LogP contribution in [-0.4, -0.2) is 30.1 Å². The molecule has 0 aromatic carbocycles. The highest BCUT2D eigenvalue weighted by molar-refractivity contribution is 5.97. The van der Waals surface area contributed by atoms with Gasteiger partial charge in [0, 0.05) is 18.2 Å². The van der Waals surface area contributed by atoms with Crippen LogP contribution in [0.3, 0.4) is 0 Å². The van der Waals surface area contributed by atoms with Crippen LogP contribution in [0.25, 0.3) is 0 Å². The average Bonchev–Trinajstić information content (AvgIpc) is 2.68. The predicted octanol–water partition coefficient (Wildman–Crippen LogP) is 0.595. The smallest absolute Gasteiger partial charge is 0.417 e. The van der Waals surface area contributed by atoms with Gasteiger partial charge < -0.3 is 4.74 Å². The Labute approximate surface area is 106 Å². The Hall–Kier alpha value is -1.91. The highest BCUT2D eigenvalue weighted by Crippen LogP contribution is 2.07. The number of ether oxygens (including phenoxy) is 1. The summed E-state index contributed by atoms with van der Waals surface area (Å²) in [4.78, 5) is 23.8. The summed E-state index contributed by atoms with van der Waals surface area (Å²) < 4.78 is 6.70. The molecule has 0 radical (unpaired) electrons. The number of aryl methyl sites for hydroxylation is 2. The first-order chi connectivity index (χ1) is 8.61. The van der Waals surface area contributed by atoms with E-state index in [9.17, 15) is 9.59 Å². The van der Waals surface area contributed by atoms with Crippen LogP contribution in [0, 0.1) is 0 Å². The number of pyridine rings is 1. The highest BCUT2D eigenvalue weighted by Gasteiger charge is 2.30. The van der Waals surface area contributed by atoms with Crippen LogP contribution in [0.4, 0.5) is 4.79 Å². The van der Waals surface area contributed by atoms with Crippen molar-refractivity contribution in [2.24, 2.45) is 7.05 Å². The second-order valence-electron chi connectivity index (χ2n) is 4.34. The second-order valence-corrected chi connectivity index (χ2v) is 4.34. The summed E-state index contributed by atoms with van der Waals surface area (Å²) in [6, 6.07) is 4.10. The fourth-order valence-electron chi connectivity index (χ4n) is 1.99. The van der Waals surface area contributed by atoms with Crippen molar-refractivity contribution >= 4 is 12.0 Å². The van der Waals surface area contributed by atoms with Crippen molar-refractivity contribution < 1.29 is 18.9 Å². The van der Waals surface area contributed by atoms with Gasteiger partial charge in [0.2, 0.25) is 0 Å². The Kier molecular flexibility index (Phi) is 3.60. The molecule has 1 aromatic rings. The third-order valence-electron chi connectivity index (χ3n) is 3.14. The summed E-state index contributed by atoms with van der Waals surface area (Å²) in [6.45, 7) is 2.35. The number of rotatable bonds is 4. The first-order valence-electron chi connectivity index (χ1n) is 6.06. The van der Waals surface area contributed by atoms with E-state index in [0.717, 1.165) is 17.0 Å². The number of amides is 2. The minimum atomic E-state index is -0.534. The lowest BCUT2D eigenvalue weighted by atomic mass is 10.2. The second kappa shape index (κ2) is 5.16. The molecule has 0 spiro atoms. The molecular weight excluding hydrogens is 232 g/mol. The molecule has 1 aliphatic rings. The molecule has 5 heteroatoms. The molecule has 96 valence electrons. The van der Waals surface area contributed by atoms with Crippen molar-refractivity contribution in [3.8, 4) is 0 Å². The van der Waals surface area contributed by atoms with E-state index in [1.807, 2.05) is 17.7 Å². The summed E-state index contributed by atoms with van der Waals surface area (Å²) >= 11 is 0. The Morgan fingerprint density at radius 2 is 2.17 bits per heavy atom. The normalized spacial score (nSPS) is 15.1. The number of cyclic esters (lactones) is 1. The topological polar surface area (TPSA) is 50.5 Å². The summed E-state index contributed by atoms with van der Waals surface area (Å²) in [5.41, 5.74) is 2.35. The van der Waals surface area contributed by atoms with Crippen molar-refractivity contribution in [2.75, 3.05) is 13.2 Å². The molecule has 1 aliphatic heterocycles. The van der Waals surface area contributed by atoms with Crippen LogP contribution in [0.15, 0.2) is 18.3 Å². The van der Waals surface area contributed by atoms with Gasteiger partial charge in [0.05, 0.1) is 6.42 Å². The fourth-order valence-corrected chi connectivity index (χ4v) is 1.99. The molecule has 5 nitrogen and oxygen atoms in total. The van der Waals surface area contributed by atoms with Gasteiger partial charge in [-0.1, -0.05) is 6.92 Å². The van der Waals surface area contributed by atoms with Crippen molar-refractivity contribution in [1.82, 2.24) is 4.90 Å². The van der Waals surface area contributed by atoms with E-state index in [1.165, 1.54) is 5.56 Å². The Balaban J connectivity index is 2.02. The van der Waals surface area contributed by atoms with E-state index in [1.54, 1.807) is 0 Å². The number of carbonyl (C=O) groups is 2. The van der Waals surface area contributed by atoms with Crippen LogP contribution in [0.2, 0.25) is 0 Å². The SMILES string of the molecule is CCc1ccc(CCN2C(=O)COC2=O)[n+](C)c1. The van der Waals surface area contributed by atoms with Crippen LogP contribution >= 0.6 is 0 Å². The van der Waals surface area contributed by atoms with Gasteiger partial charge in [0.1, 0.15) is 7.05 Å². The van der Waals surface area contributed by atoms with Crippen LogP contribution < -0.4 is 4.57 Å². The molecule has 2 heterocycles. The molecule has 0 atom stereocenters. The van der Waals surface area contributed by atoms with Crippen molar-refractivity contribution in [2.45, 2.75) is 19.8 Å². The Morgan fingerprint density at radius 1 is 1.39 bits per heavy atom. The predicted molar refractivity (Wildman–Crippen MR) is 63.8 cm³/mol. The summed E-state index contributed by atoms with van der Waals surface area (Å²) in [6.07, 6.45) is 3.17. The molecule has 0 aliphatic carbocycles. The maximum absolute atomic E-state index is 11.4. The van der Waals surface area contributed by atoms with Gasteiger partial charge in [0.25, 0.3) is 5.91 Å². The van der Waals surface area contributed by atoms with Gasteiger partial charge in [-0.05, 0) is 12.5 Å². The van der Waals surface area contributed by atoms with E-state index >= 15 is 0 Å². The fraction of sp³-hybridized carbons (Fsp3) is 0.462. The zero-order valence-electron chi connectivity index (χ0n) is 10.7. The number of hydrogen-bond donors (Lipinski definition) is 0. The highest BCUT2D eigenvalue weighted by atomic mass is 16.6. The minimum Gasteiger partial charge on any atom is -0.439 e. The van der Waals surface area contributed by atoms with E-state index in [2.05, 4.69) is 23.9 Å². The molecule has 0 bridgehead atoms. The van der Waals surface area contributed by atoms with Crippen molar-refractivity contribution in [3.05, 3.63) is 29.6 Å². The lowest BCUT2D eigenvalue weighted by Crippen LogP contribution is -2.37. The molecule has 1 saturated heterocycles. The lowest BCUT2D eigenvalue weighted by Gasteiger charge is -2.09. The third-order valence-corrected chi connectivity index (χ3v) is 3.14. The first-order valence-corrected chi connectivity index (χ1v) is 6.06. The Morgan fingerprint density at radius 3 is 2.72 bits per heavy atom. The molecular formula is C13H17N2O3+. The summed E-state index contributed by atoms with van der Waals surface area (Å²) in [7, 11) is 1.97. The average molecular weight is 249 g/mol. The first kappa shape index (κ1) is 12.5. The van der Waals surface area contributed by atoms with Crippen LogP contribution in [0.5, 0.6) is 0 Å². The number of aromatic nitrogens is 1. The quantitative estimate of drug-likeness (QED) is 0.734. The molecule has 18 heavy (non-hydrogen) atoms. The van der Waals surface area contributed by atoms with Gasteiger partial charge in [0.15, 0.2) is 18.5 Å². The Bertz CT molecular complexity index is 469. The largest absolute Gasteiger partial charge is 0.439 e. The summed E-state index contributed by atoms with van der Waals surface area (Å²) in [5.74, 6) is -0.257. The maximum atomic E-state index is 11.4. The van der Waals surface area contributed by atoms with E-state index < -0.39 is 6.09 Å². The molecule has 2 amide bonds. The van der Waals surface area contributed by atoms with E-state index in [4.69, 9.17) is 0 Å². The minimum absolute atomic E-state index is 0.125. The van der Waals surface area contributed by atoms with Gasteiger partial charge in [-0.2, -0.15) is 0 Å². The molecule has 0 N–H and O–H groups in total. The molecule has 0 unspecified atom stereocenters. The number of carbonyl (C=O) groups excluding carboxylic acids is 2. The molecule has 2 rings (SSSR count). The number of hydrogen-bond acceptors (Lipinski definition) is 3. The zero-order chi connectivity index (χ0) is 13.1. The molecule has 1 aromatic heterocycles. The van der Waals surface area contributed by atoms with Crippen LogP contribution in [-0.2, 0) is 29.4 Å². The van der Waals surface area contributed by atoms with Gasteiger partial charge in [-0.15, -0.1) is 0 Å². The maximum Gasteiger partial charge on any atom is 0.417 e. The van der Waals surface area contributed by atoms with Gasteiger partial charge in [-0.25, -0.2) is 14.3 Å². The monoisotopic (exact) mass is 249 g/mol. The van der Waals surface area contributed by atoms with Gasteiger partial charge >= 0.3 is 6.09 Å². The standard InChI is InChI=1S/C13H17N2O3/c1-3-10-4-5-11(14(2)8-10)6-7-15-12(16)9-18-13(15)17/h4-5,8H,3,6-7,9H2,1-2H3/q+1. The van der Waals surface area contributed by atoms with Gasteiger partial charge in [-0.3, -0.25) is 4.79 Å². The van der Waals surface area contributed by atoms with Crippen molar-refractivity contribution in [1.29, 1.82) is 0 Å². The number of nitrogens with zero attached hydrogens (tertiary/aromatic N) is 2. The van der Waals surface area contributed by atoms with Crippen molar-refractivity contribution in [3.63, 3.8) is 0 Å². The molecule has 1 fully saturated rings. The molecule has 0 saturated carbocycles. The number of imide groups is 1.